The fraction of sp³-hybridized carbons (Fsp3) is 0.400. The topological polar surface area (TPSA) is 93.5 Å². The Morgan fingerprint density at radius 2 is 2.23 bits per heavy atom. The van der Waals surface area contributed by atoms with Crippen molar-refractivity contribution in [3.63, 3.8) is 0 Å². The molecule has 0 saturated carbocycles. The van der Waals surface area contributed by atoms with E-state index in [9.17, 15) is 9.59 Å². The molecule has 1 aromatic heterocycles. The zero-order chi connectivity index (χ0) is 15.6. The van der Waals surface area contributed by atoms with Crippen molar-refractivity contribution in [2.24, 2.45) is 0 Å². The lowest BCUT2D eigenvalue weighted by Crippen LogP contribution is -2.51. The van der Waals surface area contributed by atoms with Crippen molar-refractivity contribution >= 4 is 22.8 Å². The molecule has 1 fully saturated rings. The van der Waals surface area contributed by atoms with Gasteiger partial charge in [-0.3, -0.25) is 14.3 Å². The van der Waals surface area contributed by atoms with E-state index in [1.54, 1.807) is 10.9 Å². The normalized spacial score (nSPS) is 21.1. The summed E-state index contributed by atoms with van der Waals surface area (Å²) >= 11 is 0. The number of nitrogens with zero attached hydrogens (tertiary/aromatic N) is 2. The molecular formula is C15H17N3O4. The Kier molecular flexibility index (Phi) is 3.81. The number of nitrogens with one attached hydrogen (secondary N) is 1. The van der Waals surface area contributed by atoms with E-state index in [1.165, 1.54) is 0 Å². The fourth-order valence-corrected chi connectivity index (χ4v) is 2.80. The Balaban J connectivity index is 1.72. The summed E-state index contributed by atoms with van der Waals surface area (Å²) in [6, 6.07) is 7.61. The monoisotopic (exact) mass is 303 g/mol. The highest BCUT2D eigenvalue weighted by Gasteiger charge is 2.38. The minimum Gasteiger partial charge on any atom is -0.481 e. The molecule has 0 aliphatic carbocycles. The quantitative estimate of drug-likeness (QED) is 0.851. The lowest BCUT2D eigenvalue weighted by atomic mass is 9.94. The smallest absolute Gasteiger partial charge is 0.305 e. The molecule has 0 radical (unpaired) electrons. The number of carboxylic acid groups (broad SMARTS) is 1. The standard InChI is InChI=1S/C15H17N3O4/c19-13(17-15(7-14(20)21)5-6-22-10-15)9-18-12-4-2-1-3-11(12)8-16-18/h1-4,8H,5-7,9-10H2,(H,17,19)(H,20,21). The molecule has 2 N–H and O–H groups in total. The van der Waals surface area contributed by atoms with Crippen LogP contribution in [-0.4, -0.2) is 45.5 Å². The van der Waals surface area contributed by atoms with E-state index < -0.39 is 11.5 Å². The number of carboxylic acids is 1. The Morgan fingerprint density at radius 1 is 1.41 bits per heavy atom. The number of hydrogen-bond donors (Lipinski definition) is 2. The van der Waals surface area contributed by atoms with Crippen LogP contribution in [0.25, 0.3) is 10.9 Å². The number of aliphatic carboxylic acids is 1. The highest BCUT2D eigenvalue weighted by Crippen LogP contribution is 2.23. The van der Waals surface area contributed by atoms with Crippen LogP contribution in [0.15, 0.2) is 30.5 Å². The number of fused-ring (bicyclic) bond motifs is 1. The first kappa shape index (κ1) is 14.5. The molecule has 2 heterocycles. The number of carbonyl (C=O) groups excluding carboxylic acids is 1. The third kappa shape index (κ3) is 2.94. The Hall–Kier alpha value is -2.41. The summed E-state index contributed by atoms with van der Waals surface area (Å²) in [5.74, 6) is -1.21. The van der Waals surface area contributed by atoms with Crippen LogP contribution in [0.3, 0.4) is 0 Å². The Morgan fingerprint density at radius 3 is 2.95 bits per heavy atom. The zero-order valence-corrected chi connectivity index (χ0v) is 12.0. The minimum atomic E-state index is -0.949. The lowest BCUT2D eigenvalue weighted by Gasteiger charge is -2.27. The summed E-state index contributed by atoms with van der Waals surface area (Å²) in [6.45, 7) is 0.734. The first-order chi connectivity index (χ1) is 10.6. The third-order valence-corrected chi connectivity index (χ3v) is 3.84. The maximum atomic E-state index is 12.3. The van der Waals surface area contributed by atoms with Crippen molar-refractivity contribution in [1.29, 1.82) is 0 Å². The summed E-state index contributed by atoms with van der Waals surface area (Å²) in [7, 11) is 0. The first-order valence-corrected chi connectivity index (χ1v) is 7.09. The van der Waals surface area contributed by atoms with E-state index in [4.69, 9.17) is 9.84 Å². The van der Waals surface area contributed by atoms with Crippen molar-refractivity contribution in [2.45, 2.75) is 24.9 Å². The number of carbonyl (C=O) groups is 2. The SMILES string of the molecule is O=C(O)CC1(NC(=O)Cn2ncc3ccccc32)CCOC1. The molecule has 7 heteroatoms. The number of aromatic nitrogens is 2. The molecule has 1 atom stereocenters. The summed E-state index contributed by atoms with van der Waals surface area (Å²) in [5.41, 5.74) is 0.0545. The van der Waals surface area contributed by atoms with Crippen molar-refractivity contribution in [2.75, 3.05) is 13.2 Å². The number of hydrogen-bond acceptors (Lipinski definition) is 4. The van der Waals surface area contributed by atoms with E-state index in [0.717, 1.165) is 10.9 Å². The highest BCUT2D eigenvalue weighted by molar-refractivity contribution is 5.82. The van der Waals surface area contributed by atoms with Gasteiger partial charge in [0.05, 0.1) is 30.3 Å². The summed E-state index contributed by atoms with van der Waals surface area (Å²) in [6.07, 6.45) is 2.07. The molecule has 1 aromatic carbocycles. The van der Waals surface area contributed by atoms with Gasteiger partial charge in [-0.1, -0.05) is 18.2 Å². The van der Waals surface area contributed by atoms with E-state index in [2.05, 4.69) is 10.4 Å². The fourth-order valence-electron chi connectivity index (χ4n) is 2.80. The number of amides is 1. The molecule has 22 heavy (non-hydrogen) atoms. The Labute approximate surface area is 126 Å². The van der Waals surface area contributed by atoms with Crippen LogP contribution in [0.4, 0.5) is 0 Å². The van der Waals surface area contributed by atoms with Gasteiger partial charge in [-0.15, -0.1) is 0 Å². The van der Waals surface area contributed by atoms with Crippen LogP contribution in [-0.2, 0) is 20.9 Å². The van der Waals surface area contributed by atoms with Crippen molar-refractivity contribution in [1.82, 2.24) is 15.1 Å². The number of rotatable bonds is 5. The van der Waals surface area contributed by atoms with Gasteiger partial charge in [-0.2, -0.15) is 5.10 Å². The van der Waals surface area contributed by atoms with Crippen LogP contribution >= 0.6 is 0 Å². The molecule has 1 amide bonds. The number of para-hydroxylation sites is 1. The summed E-state index contributed by atoms with van der Waals surface area (Å²) < 4.78 is 6.87. The predicted octanol–water partition coefficient (Wildman–Crippen LogP) is 0.786. The van der Waals surface area contributed by atoms with Gasteiger partial charge in [-0.25, -0.2) is 0 Å². The van der Waals surface area contributed by atoms with Gasteiger partial charge in [0.1, 0.15) is 6.54 Å². The van der Waals surface area contributed by atoms with E-state index in [1.807, 2.05) is 24.3 Å². The van der Waals surface area contributed by atoms with Crippen LogP contribution in [0.1, 0.15) is 12.8 Å². The maximum absolute atomic E-state index is 12.3. The summed E-state index contributed by atoms with van der Waals surface area (Å²) in [4.78, 5) is 23.3. The van der Waals surface area contributed by atoms with Gasteiger partial charge in [0, 0.05) is 12.0 Å². The van der Waals surface area contributed by atoms with Crippen LogP contribution in [0.5, 0.6) is 0 Å². The minimum absolute atomic E-state index is 0.0505. The van der Waals surface area contributed by atoms with E-state index in [0.29, 0.717) is 13.0 Å². The van der Waals surface area contributed by atoms with Gasteiger partial charge in [0.2, 0.25) is 5.91 Å². The zero-order valence-electron chi connectivity index (χ0n) is 12.0. The van der Waals surface area contributed by atoms with Crippen molar-refractivity contribution in [3.05, 3.63) is 30.5 Å². The molecule has 1 saturated heterocycles. The highest BCUT2D eigenvalue weighted by atomic mass is 16.5. The molecule has 116 valence electrons. The number of ether oxygens (including phenoxy) is 1. The van der Waals surface area contributed by atoms with Crippen LogP contribution in [0.2, 0.25) is 0 Å². The van der Waals surface area contributed by atoms with Gasteiger partial charge < -0.3 is 15.2 Å². The third-order valence-electron chi connectivity index (χ3n) is 3.84. The van der Waals surface area contributed by atoms with E-state index in [-0.39, 0.29) is 25.5 Å². The van der Waals surface area contributed by atoms with Crippen LogP contribution < -0.4 is 5.32 Å². The van der Waals surface area contributed by atoms with Gasteiger partial charge in [0.15, 0.2) is 0 Å². The average Bonchev–Trinajstić information content (AvgIpc) is 3.06. The van der Waals surface area contributed by atoms with Crippen molar-refractivity contribution in [3.8, 4) is 0 Å². The average molecular weight is 303 g/mol. The lowest BCUT2D eigenvalue weighted by molar-refractivity contribution is -0.139. The second-order valence-corrected chi connectivity index (χ2v) is 5.56. The summed E-state index contributed by atoms with van der Waals surface area (Å²) in [5, 5.41) is 17.0. The maximum Gasteiger partial charge on any atom is 0.305 e. The van der Waals surface area contributed by atoms with Crippen LogP contribution in [0, 0.1) is 0 Å². The Bertz CT molecular complexity index is 704. The molecule has 3 rings (SSSR count). The molecule has 2 aromatic rings. The molecule has 7 nitrogen and oxygen atoms in total. The number of benzene rings is 1. The van der Waals surface area contributed by atoms with Gasteiger partial charge in [-0.05, 0) is 12.5 Å². The molecular weight excluding hydrogens is 286 g/mol. The van der Waals surface area contributed by atoms with E-state index >= 15 is 0 Å². The van der Waals surface area contributed by atoms with Crippen molar-refractivity contribution < 1.29 is 19.4 Å². The molecule has 1 aliphatic heterocycles. The molecule has 1 aliphatic rings. The predicted molar refractivity (Wildman–Crippen MR) is 78.3 cm³/mol. The molecule has 1 unspecified atom stereocenters. The molecule has 0 bridgehead atoms. The second kappa shape index (κ2) is 5.76. The van der Waals surface area contributed by atoms with Gasteiger partial charge >= 0.3 is 5.97 Å². The first-order valence-electron chi connectivity index (χ1n) is 7.09. The second-order valence-electron chi connectivity index (χ2n) is 5.56. The van der Waals surface area contributed by atoms with Gasteiger partial charge in [0.25, 0.3) is 0 Å². The largest absolute Gasteiger partial charge is 0.481 e. The molecule has 0 spiro atoms.